The van der Waals surface area contributed by atoms with Crippen LogP contribution >= 0.6 is 11.6 Å². The van der Waals surface area contributed by atoms with Gasteiger partial charge in [-0.25, -0.2) is 4.98 Å². The highest BCUT2D eigenvalue weighted by Gasteiger charge is 2.18. The van der Waals surface area contributed by atoms with Crippen molar-refractivity contribution in [2.24, 2.45) is 0 Å². The van der Waals surface area contributed by atoms with Crippen LogP contribution in [0.4, 0.5) is 0 Å². The van der Waals surface area contributed by atoms with E-state index in [0.717, 1.165) is 0 Å². The van der Waals surface area contributed by atoms with Crippen molar-refractivity contribution >= 4 is 29.1 Å². The number of pyridine rings is 1. The number of hydrogen-bond acceptors (Lipinski definition) is 3. The summed E-state index contributed by atoms with van der Waals surface area (Å²) in [7, 11) is 0. The molecule has 0 aromatic carbocycles. The van der Waals surface area contributed by atoms with Crippen LogP contribution in [0.2, 0.25) is 5.02 Å². The van der Waals surface area contributed by atoms with Crippen LogP contribution in [0.15, 0.2) is 18.3 Å². The number of aliphatic carboxylic acids is 1. The Labute approximate surface area is 120 Å². The third-order valence-corrected chi connectivity index (χ3v) is 3.07. The van der Waals surface area contributed by atoms with Crippen LogP contribution < -0.4 is 5.32 Å². The van der Waals surface area contributed by atoms with Crippen molar-refractivity contribution in [2.45, 2.75) is 19.8 Å². The fraction of sp³-hybridized carbons (Fsp3) is 0.308. The molecular weight excluding hydrogens is 282 g/mol. The van der Waals surface area contributed by atoms with Crippen LogP contribution in [0.25, 0.3) is 5.65 Å². The number of carbonyl (C=O) groups excluding carboxylic acids is 1. The van der Waals surface area contributed by atoms with Crippen LogP contribution in [-0.2, 0) is 11.2 Å². The van der Waals surface area contributed by atoms with Gasteiger partial charge in [0.25, 0.3) is 5.91 Å². The summed E-state index contributed by atoms with van der Waals surface area (Å²) in [6.07, 6.45) is 2.16. The predicted molar refractivity (Wildman–Crippen MR) is 74.2 cm³/mol. The molecule has 0 bridgehead atoms. The van der Waals surface area contributed by atoms with Crippen LogP contribution in [0.1, 0.15) is 29.5 Å². The zero-order valence-corrected chi connectivity index (χ0v) is 11.6. The van der Waals surface area contributed by atoms with Crippen molar-refractivity contribution < 1.29 is 14.7 Å². The molecule has 2 aromatic heterocycles. The molecule has 0 aliphatic heterocycles. The van der Waals surface area contributed by atoms with E-state index >= 15 is 0 Å². The SMILES string of the molecule is CCc1nc2cc(Cl)ccn2c1C(=O)NCCC(=O)O. The molecule has 0 radical (unpaired) electrons. The molecule has 106 valence electrons. The summed E-state index contributed by atoms with van der Waals surface area (Å²) >= 11 is 5.90. The first-order chi connectivity index (χ1) is 9.52. The van der Waals surface area contributed by atoms with Crippen molar-refractivity contribution in [1.29, 1.82) is 0 Å². The highest BCUT2D eigenvalue weighted by Crippen LogP contribution is 2.17. The van der Waals surface area contributed by atoms with Crippen LogP contribution in [0.3, 0.4) is 0 Å². The Morgan fingerprint density at radius 1 is 1.50 bits per heavy atom. The number of halogens is 1. The summed E-state index contributed by atoms with van der Waals surface area (Å²) < 4.78 is 1.65. The highest BCUT2D eigenvalue weighted by atomic mass is 35.5. The first kappa shape index (κ1) is 14.3. The molecule has 0 unspecified atom stereocenters. The molecule has 2 N–H and O–H groups in total. The van der Waals surface area contributed by atoms with Crippen molar-refractivity contribution in [3.63, 3.8) is 0 Å². The first-order valence-corrected chi connectivity index (χ1v) is 6.57. The Bertz CT molecular complexity index is 666. The summed E-state index contributed by atoms with van der Waals surface area (Å²) in [6.45, 7) is 1.98. The van der Waals surface area contributed by atoms with E-state index in [0.29, 0.717) is 28.5 Å². The molecule has 20 heavy (non-hydrogen) atoms. The minimum absolute atomic E-state index is 0.0815. The van der Waals surface area contributed by atoms with Gasteiger partial charge in [0.1, 0.15) is 11.3 Å². The third kappa shape index (κ3) is 2.91. The van der Waals surface area contributed by atoms with Crippen molar-refractivity contribution in [3.05, 3.63) is 34.7 Å². The van der Waals surface area contributed by atoms with E-state index < -0.39 is 5.97 Å². The molecule has 2 rings (SSSR count). The zero-order chi connectivity index (χ0) is 14.7. The second-order valence-corrected chi connectivity index (χ2v) is 4.67. The lowest BCUT2D eigenvalue weighted by atomic mass is 10.2. The Kier molecular flexibility index (Phi) is 4.24. The van der Waals surface area contributed by atoms with E-state index in [-0.39, 0.29) is 18.9 Å². The third-order valence-electron chi connectivity index (χ3n) is 2.83. The maximum atomic E-state index is 12.2. The van der Waals surface area contributed by atoms with E-state index in [4.69, 9.17) is 16.7 Å². The summed E-state index contributed by atoms with van der Waals surface area (Å²) in [5.74, 6) is -1.29. The number of aryl methyl sites for hydroxylation is 1. The van der Waals surface area contributed by atoms with E-state index in [1.54, 1.807) is 22.7 Å². The van der Waals surface area contributed by atoms with Crippen LogP contribution in [-0.4, -0.2) is 32.9 Å². The summed E-state index contributed by atoms with van der Waals surface area (Å²) in [5, 5.41) is 11.7. The lowest BCUT2D eigenvalue weighted by Crippen LogP contribution is -2.28. The molecule has 0 saturated carbocycles. The standard InChI is InChI=1S/C13H14ClN3O3/c1-2-9-12(13(20)15-5-3-11(18)19)17-6-4-8(14)7-10(17)16-9/h4,6-7H,2-3,5H2,1H3,(H,15,20)(H,18,19). The van der Waals surface area contributed by atoms with Gasteiger partial charge in [-0.2, -0.15) is 0 Å². The van der Waals surface area contributed by atoms with E-state index in [2.05, 4.69) is 10.3 Å². The van der Waals surface area contributed by atoms with Gasteiger partial charge < -0.3 is 10.4 Å². The van der Waals surface area contributed by atoms with Gasteiger partial charge in [-0.05, 0) is 12.5 Å². The van der Waals surface area contributed by atoms with Gasteiger partial charge in [0.05, 0.1) is 12.1 Å². The molecule has 0 spiro atoms. The Morgan fingerprint density at radius 3 is 2.90 bits per heavy atom. The second-order valence-electron chi connectivity index (χ2n) is 4.23. The molecule has 0 fully saturated rings. The van der Waals surface area contributed by atoms with Crippen LogP contribution in [0, 0.1) is 0 Å². The molecular formula is C13H14ClN3O3. The summed E-state index contributed by atoms with van der Waals surface area (Å²) in [5.41, 5.74) is 1.67. The molecule has 2 heterocycles. The van der Waals surface area contributed by atoms with Crippen molar-refractivity contribution in [1.82, 2.24) is 14.7 Å². The molecule has 1 amide bonds. The first-order valence-electron chi connectivity index (χ1n) is 6.19. The Hall–Kier alpha value is -2.08. The number of carbonyl (C=O) groups is 2. The lowest BCUT2D eigenvalue weighted by molar-refractivity contribution is -0.136. The Morgan fingerprint density at radius 2 is 2.25 bits per heavy atom. The minimum atomic E-state index is -0.953. The fourth-order valence-electron chi connectivity index (χ4n) is 1.92. The number of carboxylic acid groups (broad SMARTS) is 1. The molecule has 0 aliphatic carbocycles. The topological polar surface area (TPSA) is 83.7 Å². The molecule has 6 nitrogen and oxygen atoms in total. The van der Waals surface area contributed by atoms with Crippen molar-refractivity contribution in [2.75, 3.05) is 6.54 Å². The molecule has 0 saturated heterocycles. The average Bonchev–Trinajstić information content (AvgIpc) is 2.75. The van der Waals surface area contributed by atoms with Gasteiger partial charge in [-0.15, -0.1) is 0 Å². The second kappa shape index (κ2) is 5.92. The lowest BCUT2D eigenvalue weighted by Gasteiger charge is -2.05. The summed E-state index contributed by atoms with van der Waals surface area (Å²) in [6, 6.07) is 3.35. The van der Waals surface area contributed by atoms with Gasteiger partial charge in [0.15, 0.2) is 0 Å². The molecule has 0 aliphatic rings. The molecule has 0 atom stereocenters. The number of nitrogens with zero attached hydrogens (tertiary/aromatic N) is 2. The average molecular weight is 296 g/mol. The maximum absolute atomic E-state index is 12.2. The number of nitrogens with one attached hydrogen (secondary N) is 1. The van der Waals surface area contributed by atoms with Gasteiger partial charge in [0.2, 0.25) is 0 Å². The van der Waals surface area contributed by atoms with E-state index in [1.165, 1.54) is 0 Å². The number of rotatable bonds is 5. The smallest absolute Gasteiger partial charge is 0.305 e. The van der Waals surface area contributed by atoms with Gasteiger partial charge >= 0.3 is 5.97 Å². The van der Waals surface area contributed by atoms with Gasteiger partial charge in [0, 0.05) is 23.8 Å². The van der Waals surface area contributed by atoms with Gasteiger partial charge in [-0.1, -0.05) is 18.5 Å². The quantitative estimate of drug-likeness (QED) is 0.880. The molecule has 2 aromatic rings. The van der Waals surface area contributed by atoms with E-state index in [1.807, 2.05) is 6.92 Å². The number of amides is 1. The Balaban J connectivity index is 2.31. The highest BCUT2D eigenvalue weighted by molar-refractivity contribution is 6.30. The summed E-state index contributed by atoms with van der Waals surface area (Å²) in [4.78, 5) is 27.0. The van der Waals surface area contributed by atoms with Crippen LogP contribution in [0.5, 0.6) is 0 Å². The maximum Gasteiger partial charge on any atom is 0.305 e. The fourth-order valence-corrected chi connectivity index (χ4v) is 2.08. The number of fused-ring (bicyclic) bond motifs is 1. The number of imidazole rings is 1. The monoisotopic (exact) mass is 295 g/mol. The van der Waals surface area contributed by atoms with Gasteiger partial charge in [-0.3, -0.25) is 14.0 Å². The number of aromatic nitrogens is 2. The van der Waals surface area contributed by atoms with Crippen molar-refractivity contribution in [3.8, 4) is 0 Å². The largest absolute Gasteiger partial charge is 0.481 e. The number of carboxylic acids is 1. The zero-order valence-electron chi connectivity index (χ0n) is 10.9. The van der Waals surface area contributed by atoms with E-state index in [9.17, 15) is 9.59 Å². The minimum Gasteiger partial charge on any atom is -0.481 e. The number of hydrogen-bond donors (Lipinski definition) is 2. The molecule has 7 heteroatoms. The predicted octanol–water partition coefficient (Wildman–Crippen LogP) is 1.75. The normalized spacial score (nSPS) is 10.7.